The van der Waals surface area contributed by atoms with Crippen LogP contribution in [0.1, 0.15) is 18.4 Å². The minimum Gasteiger partial charge on any atom is -0.368 e. The van der Waals surface area contributed by atoms with E-state index in [0.717, 1.165) is 24.9 Å². The Labute approximate surface area is 127 Å². The van der Waals surface area contributed by atoms with E-state index in [-0.39, 0.29) is 17.1 Å². The highest BCUT2D eigenvalue weighted by Crippen LogP contribution is 2.29. The van der Waals surface area contributed by atoms with Gasteiger partial charge in [0, 0.05) is 13.1 Å². The highest BCUT2D eigenvalue weighted by Gasteiger charge is 2.30. The Morgan fingerprint density at radius 2 is 2.19 bits per heavy atom. The SMILES string of the molecule is Nc1nc(S[C@H]2CCCN(Cc3ccccc3)C2=O)n[nH]1. The third kappa shape index (κ3) is 3.36. The summed E-state index contributed by atoms with van der Waals surface area (Å²) in [6, 6.07) is 10.0. The molecule has 1 aromatic heterocycles. The van der Waals surface area contributed by atoms with Gasteiger partial charge in [-0.15, -0.1) is 5.10 Å². The number of benzene rings is 1. The van der Waals surface area contributed by atoms with Gasteiger partial charge in [0.25, 0.3) is 0 Å². The Bertz CT molecular complexity index is 615. The van der Waals surface area contributed by atoms with Crippen molar-refractivity contribution in [3.8, 4) is 0 Å². The number of amides is 1. The van der Waals surface area contributed by atoms with Crippen LogP contribution in [0.3, 0.4) is 0 Å². The summed E-state index contributed by atoms with van der Waals surface area (Å²) in [5.74, 6) is 0.431. The van der Waals surface area contributed by atoms with Crippen molar-refractivity contribution in [3.63, 3.8) is 0 Å². The molecule has 7 heteroatoms. The van der Waals surface area contributed by atoms with Gasteiger partial charge in [0.05, 0.1) is 5.25 Å². The summed E-state index contributed by atoms with van der Waals surface area (Å²) < 4.78 is 0. The van der Waals surface area contributed by atoms with Gasteiger partial charge in [-0.2, -0.15) is 4.98 Å². The first-order valence-electron chi connectivity index (χ1n) is 6.89. The van der Waals surface area contributed by atoms with Gasteiger partial charge in [-0.05, 0) is 18.4 Å². The maximum Gasteiger partial charge on any atom is 0.236 e. The summed E-state index contributed by atoms with van der Waals surface area (Å²) >= 11 is 1.38. The molecule has 1 aliphatic heterocycles. The number of likely N-dealkylation sites (tertiary alicyclic amines) is 1. The second-order valence-electron chi connectivity index (χ2n) is 5.00. The normalized spacial score (nSPS) is 19.0. The van der Waals surface area contributed by atoms with E-state index < -0.39 is 0 Å². The molecule has 1 amide bonds. The lowest BCUT2D eigenvalue weighted by atomic mass is 10.1. The molecule has 1 fully saturated rings. The summed E-state index contributed by atoms with van der Waals surface area (Å²) in [7, 11) is 0. The average Bonchev–Trinajstić information content (AvgIpc) is 2.90. The Balaban J connectivity index is 1.66. The first-order chi connectivity index (χ1) is 10.2. The number of anilines is 1. The van der Waals surface area contributed by atoms with E-state index in [1.165, 1.54) is 11.8 Å². The average molecular weight is 303 g/mol. The van der Waals surface area contributed by atoms with E-state index in [9.17, 15) is 4.79 Å². The number of nitrogen functional groups attached to an aromatic ring is 1. The third-order valence-electron chi connectivity index (χ3n) is 3.43. The summed E-state index contributed by atoms with van der Waals surface area (Å²) in [5.41, 5.74) is 6.66. The van der Waals surface area contributed by atoms with Crippen molar-refractivity contribution in [3.05, 3.63) is 35.9 Å². The van der Waals surface area contributed by atoms with E-state index in [0.29, 0.717) is 11.7 Å². The van der Waals surface area contributed by atoms with Crippen LogP contribution in [0.4, 0.5) is 5.95 Å². The second-order valence-corrected chi connectivity index (χ2v) is 6.17. The van der Waals surface area contributed by atoms with Gasteiger partial charge in [0.2, 0.25) is 17.0 Å². The molecule has 0 radical (unpaired) electrons. The fourth-order valence-corrected chi connectivity index (χ4v) is 3.45. The van der Waals surface area contributed by atoms with E-state index in [1.807, 2.05) is 35.2 Å². The van der Waals surface area contributed by atoms with Crippen LogP contribution in [0.15, 0.2) is 35.5 Å². The van der Waals surface area contributed by atoms with Crippen molar-refractivity contribution in [2.24, 2.45) is 0 Å². The molecule has 1 aliphatic rings. The molecule has 21 heavy (non-hydrogen) atoms. The van der Waals surface area contributed by atoms with Crippen LogP contribution in [0.25, 0.3) is 0 Å². The largest absolute Gasteiger partial charge is 0.368 e. The molecule has 6 nitrogen and oxygen atoms in total. The number of nitrogens with two attached hydrogens (primary N) is 1. The highest BCUT2D eigenvalue weighted by atomic mass is 32.2. The molecule has 1 saturated heterocycles. The number of carbonyl (C=O) groups excluding carboxylic acids is 1. The maximum absolute atomic E-state index is 12.5. The van der Waals surface area contributed by atoms with E-state index in [1.54, 1.807) is 0 Å². The molecule has 0 bridgehead atoms. The smallest absolute Gasteiger partial charge is 0.236 e. The van der Waals surface area contributed by atoms with Crippen LogP contribution in [-0.2, 0) is 11.3 Å². The maximum atomic E-state index is 12.5. The molecule has 0 spiro atoms. The Kier molecular flexibility index (Phi) is 4.10. The number of H-pyrrole nitrogens is 1. The van der Waals surface area contributed by atoms with Crippen molar-refractivity contribution >= 4 is 23.6 Å². The quantitative estimate of drug-likeness (QED) is 0.897. The number of aromatic amines is 1. The molecule has 3 rings (SSSR count). The van der Waals surface area contributed by atoms with E-state index in [2.05, 4.69) is 15.2 Å². The molecule has 2 heterocycles. The summed E-state index contributed by atoms with van der Waals surface area (Å²) in [6.45, 7) is 1.47. The van der Waals surface area contributed by atoms with Gasteiger partial charge in [-0.25, -0.2) is 5.10 Å². The molecule has 1 aromatic carbocycles. The second kappa shape index (κ2) is 6.17. The predicted octanol–water partition coefficient (Wildman–Crippen LogP) is 1.67. The Morgan fingerprint density at radius 3 is 2.90 bits per heavy atom. The Morgan fingerprint density at radius 1 is 1.38 bits per heavy atom. The number of carbonyl (C=O) groups is 1. The van der Waals surface area contributed by atoms with Gasteiger partial charge < -0.3 is 10.6 Å². The zero-order valence-corrected chi connectivity index (χ0v) is 12.3. The summed E-state index contributed by atoms with van der Waals surface area (Å²) in [4.78, 5) is 18.5. The first kappa shape index (κ1) is 13.9. The molecular formula is C14H17N5OS. The molecule has 3 N–H and O–H groups in total. The molecular weight excluding hydrogens is 286 g/mol. The molecule has 0 unspecified atom stereocenters. The summed E-state index contributed by atoms with van der Waals surface area (Å²) in [6.07, 6.45) is 1.85. The van der Waals surface area contributed by atoms with Crippen molar-refractivity contribution in [2.75, 3.05) is 12.3 Å². The van der Waals surface area contributed by atoms with Crippen LogP contribution in [0, 0.1) is 0 Å². The summed E-state index contributed by atoms with van der Waals surface area (Å²) in [5, 5.41) is 6.99. The van der Waals surface area contributed by atoms with Crippen molar-refractivity contribution in [1.29, 1.82) is 0 Å². The van der Waals surface area contributed by atoms with Gasteiger partial charge in [-0.3, -0.25) is 4.79 Å². The number of nitrogens with zero attached hydrogens (tertiary/aromatic N) is 3. The van der Waals surface area contributed by atoms with Gasteiger partial charge in [-0.1, -0.05) is 42.1 Å². The van der Waals surface area contributed by atoms with Crippen LogP contribution in [0.5, 0.6) is 0 Å². The zero-order chi connectivity index (χ0) is 14.7. The van der Waals surface area contributed by atoms with Crippen molar-refractivity contribution < 1.29 is 4.79 Å². The molecule has 2 aromatic rings. The number of aromatic nitrogens is 3. The number of nitrogens with one attached hydrogen (secondary N) is 1. The predicted molar refractivity (Wildman–Crippen MR) is 81.5 cm³/mol. The Hall–Kier alpha value is -2.02. The standard InChI is InChI=1S/C14H17N5OS/c15-13-16-14(18-17-13)21-11-7-4-8-19(12(11)20)9-10-5-2-1-3-6-10/h1-3,5-6,11H,4,7-9H2,(H3,15,16,17,18)/t11-/m0/s1. The number of hydrogen-bond donors (Lipinski definition) is 2. The fourth-order valence-electron chi connectivity index (χ4n) is 2.41. The van der Waals surface area contributed by atoms with Crippen LogP contribution in [0.2, 0.25) is 0 Å². The number of thioether (sulfide) groups is 1. The first-order valence-corrected chi connectivity index (χ1v) is 7.77. The number of hydrogen-bond acceptors (Lipinski definition) is 5. The molecule has 110 valence electrons. The van der Waals surface area contributed by atoms with E-state index >= 15 is 0 Å². The minimum absolute atomic E-state index is 0.127. The molecule has 1 atom stereocenters. The van der Waals surface area contributed by atoms with Gasteiger partial charge in [0.1, 0.15) is 0 Å². The highest BCUT2D eigenvalue weighted by molar-refractivity contribution is 8.00. The lowest BCUT2D eigenvalue weighted by molar-refractivity contribution is -0.133. The van der Waals surface area contributed by atoms with E-state index in [4.69, 9.17) is 5.73 Å². The van der Waals surface area contributed by atoms with Crippen molar-refractivity contribution in [2.45, 2.75) is 29.8 Å². The van der Waals surface area contributed by atoms with Crippen LogP contribution in [-0.4, -0.2) is 37.8 Å². The number of piperidine rings is 1. The monoisotopic (exact) mass is 303 g/mol. The van der Waals surface area contributed by atoms with Gasteiger partial charge in [0.15, 0.2) is 0 Å². The fraction of sp³-hybridized carbons (Fsp3) is 0.357. The van der Waals surface area contributed by atoms with Crippen LogP contribution >= 0.6 is 11.8 Å². The van der Waals surface area contributed by atoms with Crippen LogP contribution < -0.4 is 5.73 Å². The molecule has 0 saturated carbocycles. The number of rotatable bonds is 4. The lowest BCUT2D eigenvalue weighted by Crippen LogP contribution is -2.42. The topological polar surface area (TPSA) is 87.9 Å². The lowest BCUT2D eigenvalue weighted by Gasteiger charge is -2.31. The van der Waals surface area contributed by atoms with Crippen molar-refractivity contribution in [1.82, 2.24) is 20.1 Å². The third-order valence-corrected chi connectivity index (χ3v) is 4.54. The zero-order valence-electron chi connectivity index (χ0n) is 11.5. The van der Waals surface area contributed by atoms with Gasteiger partial charge >= 0.3 is 0 Å². The molecule has 0 aliphatic carbocycles. The minimum atomic E-state index is -0.127.